The highest BCUT2D eigenvalue weighted by molar-refractivity contribution is 5.92. The molecule has 0 aliphatic carbocycles. The van der Waals surface area contributed by atoms with Crippen LogP contribution in [0, 0.1) is 0 Å². The summed E-state index contributed by atoms with van der Waals surface area (Å²) in [5.74, 6) is 0.625. The van der Waals surface area contributed by atoms with Crippen molar-refractivity contribution in [2.45, 2.75) is 13.0 Å². The first-order chi connectivity index (χ1) is 8.65. The average molecular weight is 252 g/mol. The van der Waals surface area contributed by atoms with Gasteiger partial charge in [0.15, 0.2) is 0 Å². The van der Waals surface area contributed by atoms with Crippen molar-refractivity contribution in [2.24, 2.45) is 0 Å². The van der Waals surface area contributed by atoms with E-state index in [1.807, 2.05) is 25.1 Å². The molecule has 100 valence electrons. The van der Waals surface area contributed by atoms with Gasteiger partial charge in [0.1, 0.15) is 5.75 Å². The smallest absolute Gasteiger partial charge is 0.238 e. The van der Waals surface area contributed by atoms with Gasteiger partial charge in [0, 0.05) is 24.9 Å². The summed E-state index contributed by atoms with van der Waals surface area (Å²) in [6, 6.07) is 7.39. The molecule has 1 atom stereocenters. The van der Waals surface area contributed by atoms with Crippen LogP contribution in [0.1, 0.15) is 6.92 Å². The van der Waals surface area contributed by atoms with Gasteiger partial charge in [-0.05, 0) is 19.1 Å². The second-order valence-corrected chi connectivity index (χ2v) is 4.02. The summed E-state index contributed by atoms with van der Waals surface area (Å²) in [5.41, 5.74) is 0.723. The van der Waals surface area contributed by atoms with Crippen molar-refractivity contribution in [1.29, 1.82) is 0 Å². The zero-order chi connectivity index (χ0) is 13.4. The second-order valence-electron chi connectivity index (χ2n) is 4.02. The van der Waals surface area contributed by atoms with Crippen molar-refractivity contribution in [2.75, 3.05) is 32.7 Å². The highest BCUT2D eigenvalue weighted by Gasteiger charge is 2.06. The second kappa shape index (κ2) is 7.68. The standard InChI is InChI=1S/C13H20N2O3/c1-10(9-17-2)14-8-13(16)15-11-5-4-6-12(7-11)18-3/h4-7,10,14H,8-9H2,1-3H3,(H,15,16). The number of hydrogen-bond donors (Lipinski definition) is 2. The molecule has 0 aromatic heterocycles. The number of hydrogen-bond acceptors (Lipinski definition) is 4. The van der Waals surface area contributed by atoms with Gasteiger partial charge >= 0.3 is 0 Å². The van der Waals surface area contributed by atoms with Gasteiger partial charge in [-0.3, -0.25) is 4.79 Å². The molecule has 0 bridgehead atoms. The van der Waals surface area contributed by atoms with Crippen LogP contribution in [-0.2, 0) is 9.53 Å². The quantitative estimate of drug-likeness (QED) is 0.767. The van der Waals surface area contributed by atoms with Crippen LogP contribution in [0.4, 0.5) is 5.69 Å². The summed E-state index contributed by atoms with van der Waals surface area (Å²) in [4.78, 5) is 11.7. The molecule has 0 heterocycles. The number of carbonyl (C=O) groups excluding carboxylic acids is 1. The Morgan fingerprint density at radius 1 is 1.39 bits per heavy atom. The molecule has 1 rings (SSSR count). The van der Waals surface area contributed by atoms with Crippen molar-refractivity contribution < 1.29 is 14.3 Å². The fourth-order valence-electron chi connectivity index (χ4n) is 1.48. The third-order valence-corrected chi connectivity index (χ3v) is 2.38. The zero-order valence-electron chi connectivity index (χ0n) is 11.0. The van der Waals surface area contributed by atoms with E-state index in [1.54, 1.807) is 20.3 Å². The largest absolute Gasteiger partial charge is 0.497 e. The van der Waals surface area contributed by atoms with E-state index in [0.29, 0.717) is 12.4 Å². The van der Waals surface area contributed by atoms with E-state index in [9.17, 15) is 4.79 Å². The topological polar surface area (TPSA) is 59.6 Å². The number of ether oxygens (including phenoxy) is 2. The number of rotatable bonds is 7. The molecule has 0 saturated heterocycles. The molecule has 5 heteroatoms. The Bertz CT molecular complexity index is 382. The summed E-state index contributed by atoms with van der Waals surface area (Å²) < 4.78 is 10.1. The van der Waals surface area contributed by atoms with E-state index in [4.69, 9.17) is 9.47 Å². The van der Waals surface area contributed by atoms with Gasteiger partial charge in [0.2, 0.25) is 5.91 Å². The minimum atomic E-state index is -0.0915. The Morgan fingerprint density at radius 2 is 2.17 bits per heavy atom. The van der Waals surface area contributed by atoms with Crippen LogP contribution in [0.25, 0.3) is 0 Å². The Morgan fingerprint density at radius 3 is 2.83 bits per heavy atom. The number of carbonyl (C=O) groups is 1. The van der Waals surface area contributed by atoms with E-state index in [0.717, 1.165) is 5.69 Å². The van der Waals surface area contributed by atoms with Crippen molar-refractivity contribution >= 4 is 11.6 Å². The van der Waals surface area contributed by atoms with Crippen LogP contribution < -0.4 is 15.4 Å². The van der Waals surface area contributed by atoms with E-state index in [2.05, 4.69) is 10.6 Å². The van der Waals surface area contributed by atoms with E-state index in [1.165, 1.54) is 0 Å². The number of amides is 1. The molecular formula is C13H20N2O3. The Hall–Kier alpha value is -1.59. The van der Waals surface area contributed by atoms with Gasteiger partial charge in [0.25, 0.3) is 0 Å². The number of methoxy groups -OCH3 is 2. The van der Waals surface area contributed by atoms with Crippen molar-refractivity contribution in [3.63, 3.8) is 0 Å². The average Bonchev–Trinajstić information content (AvgIpc) is 2.37. The molecule has 0 spiro atoms. The SMILES string of the molecule is COCC(C)NCC(=O)Nc1cccc(OC)c1. The van der Waals surface area contributed by atoms with Crippen LogP contribution in [0.3, 0.4) is 0 Å². The molecule has 2 N–H and O–H groups in total. The third kappa shape index (κ3) is 5.16. The van der Waals surface area contributed by atoms with E-state index in [-0.39, 0.29) is 18.5 Å². The lowest BCUT2D eigenvalue weighted by atomic mass is 10.3. The molecule has 1 unspecified atom stereocenters. The van der Waals surface area contributed by atoms with Gasteiger partial charge in [-0.1, -0.05) is 6.07 Å². The third-order valence-electron chi connectivity index (χ3n) is 2.38. The van der Waals surface area contributed by atoms with Crippen LogP contribution >= 0.6 is 0 Å². The van der Waals surface area contributed by atoms with E-state index < -0.39 is 0 Å². The molecule has 1 aromatic rings. The predicted molar refractivity (Wildman–Crippen MR) is 71.0 cm³/mol. The normalized spacial score (nSPS) is 11.9. The van der Waals surface area contributed by atoms with Crippen LogP contribution in [0.15, 0.2) is 24.3 Å². The number of benzene rings is 1. The Kier molecular flexibility index (Phi) is 6.18. The minimum absolute atomic E-state index is 0.0915. The van der Waals surface area contributed by atoms with Crippen LogP contribution in [-0.4, -0.2) is 39.3 Å². The number of anilines is 1. The fourth-order valence-corrected chi connectivity index (χ4v) is 1.48. The minimum Gasteiger partial charge on any atom is -0.497 e. The van der Waals surface area contributed by atoms with Crippen molar-refractivity contribution in [1.82, 2.24) is 5.32 Å². The van der Waals surface area contributed by atoms with Crippen LogP contribution in [0.5, 0.6) is 5.75 Å². The lowest BCUT2D eigenvalue weighted by Gasteiger charge is -2.12. The Balaban J connectivity index is 2.39. The highest BCUT2D eigenvalue weighted by Crippen LogP contribution is 2.16. The maximum absolute atomic E-state index is 11.7. The Labute approximate surface area is 107 Å². The summed E-state index contributed by atoms with van der Waals surface area (Å²) in [7, 11) is 3.23. The van der Waals surface area contributed by atoms with Gasteiger partial charge in [-0.15, -0.1) is 0 Å². The maximum atomic E-state index is 11.7. The highest BCUT2D eigenvalue weighted by atomic mass is 16.5. The molecule has 0 aliphatic rings. The number of nitrogens with one attached hydrogen (secondary N) is 2. The van der Waals surface area contributed by atoms with Gasteiger partial charge in [-0.2, -0.15) is 0 Å². The van der Waals surface area contributed by atoms with Crippen LogP contribution in [0.2, 0.25) is 0 Å². The summed E-state index contributed by atoms with van der Waals surface area (Å²) in [6.07, 6.45) is 0. The van der Waals surface area contributed by atoms with Crippen molar-refractivity contribution in [3.8, 4) is 5.75 Å². The van der Waals surface area contributed by atoms with Gasteiger partial charge < -0.3 is 20.1 Å². The van der Waals surface area contributed by atoms with Gasteiger partial charge in [-0.25, -0.2) is 0 Å². The monoisotopic (exact) mass is 252 g/mol. The fraction of sp³-hybridized carbons (Fsp3) is 0.462. The molecule has 0 aliphatic heterocycles. The molecule has 18 heavy (non-hydrogen) atoms. The molecule has 1 aromatic carbocycles. The lowest BCUT2D eigenvalue weighted by molar-refractivity contribution is -0.115. The first-order valence-electron chi connectivity index (χ1n) is 5.82. The predicted octanol–water partition coefficient (Wildman–Crippen LogP) is 1.26. The molecule has 0 fully saturated rings. The molecule has 0 radical (unpaired) electrons. The lowest BCUT2D eigenvalue weighted by Crippen LogP contribution is -2.36. The first kappa shape index (κ1) is 14.5. The molecule has 1 amide bonds. The zero-order valence-corrected chi connectivity index (χ0v) is 11.0. The molecule has 0 saturated carbocycles. The summed E-state index contributed by atoms with van der Waals surface area (Å²) in [6.45, 7) is 2.79. The van der Waals surface area contributed by atoms with Crippen molar-refractivity contribution in [3.05, 3.63) is 24.3 Å². The first-order valence-corrected chi connectivity index (χ1v) is 5.82. The summed E-state index contributed by atoms with van der Waals surface area (Å²) >= 11 is 0. The maximum Gasteiger partial charge on any atom is 0.238 e. The summed E-state index contributed by atoms with van der Waals surface area (Å²) in [5, 5.41) is 5.86. The molecule has 5 nitrogen and oxygen atoms in total. The van der Waals surface area contributed by atoms with E-state index >= 15 is 0 Å². The molecular weight excluding hydrogens is 232 g/mol. The van der Waals surface area contributed by atoms with Gasteiger partial charge in [0.05, 0.1) is 20.3 Å².